The van der Waals surface area contributed by atoms with Crippen molar-refractivity contribution < 1.29 is 27.8 Å². The Morgan fingerprint density at radius 2 is 2.07 bits per heavy atom. The Bertz CT molecular complexity index is 390. The standard InChI is InChI=1S/C9H7F3O3/c1-4-6(8(13)14)2-5(3-7(4)10)15-9(11)12/h2-3,9H,1H3,(H,13,14). The van der Waals surface area contributed by atoms with Crippen LogP contribution in [0.25, 0.3) is 0 Å². The molecule has 1 aromatic rings. The van der Waals surface area contributed by atoms with Crippen LogP contribution in [-0.4, -0.2) is 17.7 Å². The normalized spacial score (nSPS) is 10.5. The summed E-state index contributed by atoms with van der Waals surface area (Å²) >= 11 is 0. The first kappa shape index (κ1) is 11.4. The summed E-state index contributed by atoms with van der Waals surface area (Å²) in [5, 5.41) is 8.64. The summed E-state index contributed by atoms with van der Waals surface area (Å²) in [6.07, 6.45) is 0. The van der Waals surface area contributed by atoms with Gasteiger partial charge in [-0.05, 0) is 18.6 Å². The van der Waals surface area contributed by atoms with E-state index in [2.05, 4.69) is 4.74 Å². The van der Waals surface area contributed by atoms with Gasteiger partial charge < -0.3 is 9.84 Å². The van der Waals surface area contributed by atoms with Gasteiger partial charge in [-0.3, -0.25) is 0 Å². The molecule has 15 heavy (non-hydrogen) atoms. The number of carboxylic acid groups (broad SMARTS) is 1. The number of hydrogen-bond acceptors (Lipinski definition) is 2. The van der Waals surface area contributed by atoms with Gasteiger partial charge in [0.2, 0.25) is 0 Å². The van der Waals surface area contributed by atoms with Crippen LogP contribution in [0, 0.1) is 12.7 Å². The summed E-state index contributed by atoms with van der Waals surface area (Å²) in [6, 6.07) is 1.57. The van der Waals surface area contributed by atoms with E-state index in [4.69, 9.17) is 5.11 Å². The molecule has 0 aromatic heterocycles. The number of hydrogen-bond donors (Lipinski definition) is 1. The Hall–Kier alpha value is -1.72. The molecule has 0 aliphatic rings. The Labute approximate surface area is 83.1 Å². The van der Waals surface area contributed by atoms with E-state index in [0.29, 0.717) is 6.07 Å². The number of rotatable bonds is 3. The minimum atomic E-state index is -3.12. The third-order valence-corrected chi connectivity index (χ3v) is 1.77. The summed E-state index contributed by atoms with van der Waals surface area (Å²) < 4.78 is 40.6. The van der Waals surface area contributed by atoms with Crippen LogP contribution in [0.4, 0.5) is 13.2 Å². The predicted molar refractivity (Wildman–Crippen MR) is 44.7 cm³/mol. The third-order valence-electron chi connectivity index (χ3n) is 1.77. The first-order valence-electron chi connectivity index (χ1n) is 3.90. The van der Waals surface area contributed by atoms with E-state index in [9.17, 15) is 18.0 Å². The van der Waals surface area contributed by atoms with Crippen LogP contribution in [0.1, 0.15) is 15.9 Å². The summed E-state index contributed by atoms with van der Waals surface area (Å²) in [7, 11) is 0. The molecule has 0 bridgehead atoms. The van der Waals surface area contributed by atoms with Crippen LogP contribution in [0.2, 0.25) is 0 Å². The van der Waals surface area contributed by atoms with Gasteiger partial charge in [0, 0.05) is 6.07 Å². The SMILES string of the molecule is Cc1c(F)cc(OC(F)F)cc1C(=O)O. The number of benzene rings is 1. The topological polar surface area (TPSA) is 46.5 Å². The monoisotopic (exact) mass is 220 g/mol. The molecule has 1 rings (SSSR count). The second-order valence-electron chi connectivity index (χ2n) is 2.76. The molecule has 0 aliphatic carbocycles. The summed E-state index contributed by atoms with van der Waals surface area (Å²) in [6.45, 7) is -1.88. The number of aromatic carboxylic acids is 1. The Morgan fingerprint density at radius 3 is 2.53 bits per heavy atom. The molecule has 0 fully saturated rings. The smallest absolute Gasteiger partial charge is 0.387 e. The Balaban J connectivity index is 3.17. The molecule has 0 radical (unpaired) electrons. The average Bonchev–Trinajstić information content (AvgIpc) is 2.09. The van der Waals surface area contributed by atoms with E-state index >= 15 is 0 Å². The predicted octanol–water partition coefficient (Wildman–Crippen LogP) is 2.43. The minimum Gasteiger partial charge on any atom is -0.478 e. The lowest BCUT2D eigenvalue weighted by Gasteiger charge is -2.08. The van der Waals surface area contributed by atoms with E-state index in [1.807, 2.05) is 0 Å². The molecule has 1 aromatic carbocycles. The van der Waals surface area contributed by atoms with E-state index in [-0.39, 0.29) is 5.56 Å². The number of alkyl halides is 2. The fourth-order valence-electron chi connectivity index (χ4n) is 1.05. The summed E-state index contributed by atoms with van der Waals surface area (Å²) in [5.74, 6) is -2.80. The third kappa shape index (κ3) is 2.61. The van der Waals surface area contributed by atoms with E-state index < -0.39 is 29.7 Å². The molecule has 0 unspecified atom stereocenters. The van der Waals surface area contributed by atoms with Crippen molar-refractivity contribution in [1.29, 1.82) is 0 Å². The summed E-state index contributed by atoms with van der Waals surface area (Å²) in [5.41, 5.74) is -0.519. The number of carbonyl (C=O) groups is 1. The quantitative estimate of drug-likeness (QED) is 0.850. The maximum absolute atomic E-state index is 13.1. The highest BCUT2D eigenvalue weighted by Gasteiger charge is 2.15. The van der Waals surface area contributed by atoms with Gasteiger partial charge in [0.05, 0.1) is 5.56 Å². The van der Waals surface area contributed by atoms with Gasteiger partial charge in [0.25, 0.3) is 0 Å². The Kier molecular flexibility index (Phi) is 3.18. The fourth-order valence-corrected chi connectivity index (χ4v) is 1.05. The molecule has 6 heteroatoms. The number of halogens is 3. The molecule has 82 valence electrons. The number of carboxylic acids is 1. The van der Waals surface area contributed by atoms with Crippen LogP contribution < -0.4 is 4.74 Å². The largest absolute Gasteiger partial charge is 0.478 e. The lowest BCUT2D eigenvalue weighted by Crippen LogP contribution is -2.06. The zero-order chi connectivity index (χ0) is 11.6. The van der Waals surface area contributed by atoms with Crippen molar-refractivity contribution in [2.45, 2.75) is 13.5 Å². The van der Waals surface area contributed by atoms with Crippen LogP contribution in [0.5, 0.6) is 5.75 Å². The van der Waals surface area contributed by atoms with Crippen LogP contribution in [0.3, 0.4) is 0 Å². The van der Waals surface area contributed by atoms with Gasteiger partial charge in [-0.15, -0.1) is 0 Å². The molecular formula is C9H7F3O3. The van der Waals surface area contributed by atoms with Crippen molar-refractivity contribution in [2.24, 2.45) is 0 Å². The second-order valence-corrected chi connectivity index (χ2v) is 2.76. The summed E-state index contributed by atoms with van der Waals surface area (Å²) in [4.78, 5) is 10.6. The Morgan fingerprint density at radius 1 is 1.47 bits per heavy atom. The van der Waals surface area contributed by atoms with Gasteiger partial charge in [-0.1, -0.05) is 0 Å². The van der Waals surface area contributed by atoms with E-state index in [1.54, 1.807) is 0 Å². The first-order valence-corrected chi connectivity index (χ1v) is 3.90. The van der Waals surface area contributed by atoms with Crippen molar-refractivity contribution >= 4 is 5.97 Å². The average molecular weight is 220 g/mol. The maximum atomic E-state index is 13.1. The molecule has 3 nitrogen and oxygen atoms in total. The second kappa shape index (κ2) is 4.20. The highest BCUT2D eigenvalue weighted by molar-refractivity contribution is 5.89. The van der Waals surface area contributed by atoms with E-state index in [0.717, 1.165) is 6.07 Å². The minimum absolute atomic E-state index is 0.121. The van der Waals surface area contributed by atoms with Gasteiger partial charge in [-0.2, -0.15) is 8.78 Å². The fraction of sp³-hybridized carbons (Fsp3) is 0.222. The molecule has 0 saturated heterocycles. The highest BCUT2D eigenvalue weighted by Crippen LogP contribution is 2.22. The maximum Gasteiger partial charge on any atom is 0.387 e. The van der Waals surface area contributed by atoms with E-state index in [1.165, 1.54) is 6.92 Å². The van der Waals surface area contributed by atoms with Crippen molar-refractivity contribution in [3.63, 3.8) is 0 Å². The lowest BCUT2D eigenvalue weighted by atomic mass is 10.1. The van der Waals surface area contributed by atoms with Crippen molar-refractivity contribution in [3.8, 4) is 5.75 Å². The molecule has 1 N–H and O–H groups in total. The van der Waals surface area contributed by atoms with Gasteiger partial charge >= 0.3 is 12.6 Å². The lowest BCUT2D eigenvalue weighted by molar-refractivity contribution is -0.0500. The van der Waals surface area contributed by atoms with Crippen LogP contribution in [0.15, 0.2) is 12.1 Å². The highest BCUT2D eigenvalue weighted by atomic mass is 19.3. The van der Waals surface area contributed by atoms with Crippen molar-refractivity contribution in [3.05, 3.63) is 29.1 Å². The van der Waals surface area contributed by atoms with Crippen molar-refractivity contribution in [2.75, 3.05) is 0 Å². The molecule has 0 aliphatic heterocycles. The molecule has 0 amide bonds. The molecular weight excluding hydrogens is 213 g/mol. The molecule has 0 spiro atoms. The molecule has 0 atom stereocenters. The van der Waals surface area contributed by atoms with Gasteiger partial charge in [0.15, 0.2) is 0 Å². The van der Waals surface area contributed by atoms with Crippen LogP contribution >= 0.6 is 0 Å². The zero-order valence-corrected chi connectivity index (χ0v) is 7.63. The van der Waals surface area contributed by atoms with Crippen LogP contribution in [-0.2, 0) is 0 Å². The molecule has 0 heterocycles. The van der Waals surface area contributed by atoms with Gasteiger partial charge in [-0.25, -0.2) is 9.18 Å². The van der Waals surface area contributed by atoms with Gasteiger partial charge in [0.1, 0.15) is 11.6 Å². The first-order chi connectivity index (χ1) is 6.91. The zero-order valence-electron chi connectivity index (χ0n) is 7.63. The number of ether oxygens (including phenoxy) is 1. The van der Waals surface area contributed by atoms with Crippen molar-refractivity contribution in [1.82, 2.24) is 0 Å². The molecule has 0 saturated carbocycles.